The number of likely N-dealkylation sites (N-methyl/N-ethyl adjacent to an activating group) is 1. The largest absolute Gasteiger partial charge is 0.454 e. The Balaban J connectivity index is 1.78. The van der Waals surface area contributed by atoms with Crippen molar-refractivity contribution in [3.63, 3.8) is 0 Å². The molecule has 2 rings (SSSR count). The average Bonchev–Trinajstić information content (AvgIpc) is 2.70. The molecule has 1 aliphatic carbocycles. The van der Waals surface area contributed by atoms with Crippen LogP contribution in [-0.4, -0.2) is 53.8 Å². The molecule has 0 unspecified atom stereocenters. The van der Waals surface area contributed by atoms with Gasteiger partial charge in [0.05, 0.1) is 4.92 Å². The van der Waals surface area contributed by atoms with Gasteiger partial charge >= 0.3 is 5.97 Å². The van der Waals surface area contributed by atoms with Gasteiger partial charge in [-0.15, -0.1) is 0 Å². The van der Waals surface area contributed by atoms with Crippen LogP contribution < -0.4 is 5.32 Å². The van der Waals surface area contributed by atoms with E-state index in [0.29, 0.717) is 5.92 Å². The molecular formula is C19H24ClN3O6. The molecule has 0 saturated heterocycles. The summed E-state index contributed by atoms with van der Waals surface area (Å²) in [6.07, 6.45) is 4.00. The van der Waals surface area contributed by atoms with E-state index in [-0.39, 0.29) is 22.5 Å². The zero-order valence-electron chi connectivity index (χ0n) is 16.4. The van der Waals surface area contributed by atoms with Gasteiger partial charge in [-0.25, -0.2) is 0 Å². The molecule has 1 aliphatic rings. The number of benzene rings is 1. The lowest BCUT2D eigenvalue weighted by Crippen LogP contribution is -2.42. The second-order valence-corrected chi connectivity index (χ2v) is 7.59. The van der Waals surface area contributed by atoms with Crippen LogP contribution in [0.2, 0.25) is 5.02 Å². The van der Waals surface area contributed by atoms with Crippen molar-refractivity contribution in [1.82, 2.24) is 10.2 Å². The number of hydrogen-bond donors (Lipinski definition) is 1. The average molecular weight is 426 g/mol. The minimum Gasteiger partial charge on any atom is -0.454 e. The molecule has 2 amide bonds. The van der Waals surface area contributed by atoms with Crippen LogP contribution in [-0.2, 0) is 14.3 Å². The summed E-state index contributed by atoms with van der Waals surface area (Å²) < 4.78 is 4.93. The fraction of sp³-hybridized carbons (Fsp3) is 0.526. The van der Waals surface area contributed by atoms with Gasteiger partial charge in [-0.3, -0.25) is 24.5 Å². The quantitative estimate of drug-likeness (QED) is 0.407. The minimum absolute atomic E-state index is 0.0174. The zero-order valence-corrected chi connectivity index (χ0v) is 17.1. The van der Waals surface area contributed by atoms with Crippen molar-refractivity contribution in [2.45, 2.75) is 38.6 Å². The van der Waals surface area contributed by atoms with Crippen molar-refractivity contribution in [3.05, 3.63) is 38.9 Å². The molecule has 1 N–H and O–H groups in total. The topological polar surface area (TPSA) is 119 Å². The van der Waals surface area contributed by atoms with E-state index in [9.17, 15) is 24.5 Å². The summed E-state index contributed by atoms with van der Waals surface area (Å²) in [5, 5.41) is 13.1. The van der Waals surface area contributed by atoms with E-state index in [4.69, 9.17) is 16.3 Å². The Kier molecular flexibility index (Phi) is 7.95. The van der Waals surface area contributed by atoms with Gasteiger partial charge in [0.2, 0.25) is 0 Å². The van der Waals surface area contributed by atoms with Crippen molar-refractivity contribution in [2.75, 3.05) is 20.2 Å². The van der Waals surface area contributed by atoms with Crippen molar-refractivity contribution in [3.8, 4) is 0 Å². The third kappa shape index (κ3) is 6.42. The van der Waals surface area contributed by atoms with Gasteiger partial charge in [0.1, 0.15) is 11.6 Å². The molecule has 158 valence electrons. The highest BCUT2D eigenvalue weighted by molar-refractivity contribution is 6.32. The number of hydrogen-bond acceptors (Lipinski definition) is 6. The molecule has 0 heterocycles. The zero-order chi connectivity index (χ0) is 21.6. The lowest BCUT2D eigenvalue weighted by Gasteiger charge is -2.33. The summed E-state index contributed by atoms with van der Waals surface area (Å²) in [5.74, 6) is -1.10. The number of halogens is 1. The van der Waals surface area contributed by atoms with Crippen molar-refractivity contribution >= 4 is 35.1 Å². The highest BCUT2D eigenvalue weighted by Gasteiger charge is 2.25. The molecule has 1 saturated carbocycles. The van der Waals surface area contributed by atoms with Crippen LogP contribution in [0.1, 0.15) is 43.0 Å². The number of nitro benzene ring substituents is 1. The number of nitro groups is 1. The van der Waals surface area contributed by atoms with Crippen LogP contribution in [0.15, 0.2) is 18.2 Å². The monoisotopic (exact) mass is 425 g/mol. The van der Waals surface area contributed by atoms with Crippen LogP contribution in [0.3, 0.4) is 0 Å². The lowest BCUT2D eigenvalue weighted by atomic mass is 9.87. The molecule has 29 heavy (non-hydrogen) atoms. The number of nitrogens with one attached hydrogen (secondary N) is 1. The standard InChI is InChI=1S/C19H24ClN3O6/c1-12-3-6-14(7-4-12)22(2)17(24)11-29-18(25)10-21-19(26)13-5-8-15(20)16(9-13)23(27)28/h5,8-9,12,14H,3-4,6-7,10-11H2,1-2H3,(H,21,26). The number of carbonyl (C=O) groups excluding carboxylic acids is 3. The van der Waals surface area contributed by atoms with Crippen molar-refractivity contribution in [1.29, 1.82) is 0 Å². The number of nitrogens with zero attached hydrogens (tertiary/aromatic N) is 2. The molecule has 1 aromatic rings. The van der Waals surface area contributed by atoms with Gasteiger partial charge in [0, 0.05) is 24.7 Å². The molecule has 0 aromatic heterocycles. The highest BCUT2D eigenvalue weighted by Crippen LogP contribution is 2.26. The van der Waals surface area contributed by atoms with Crippen LogP contribution >= 0.6 is 11.6 Å². The third-order valence-corrected chi connectivity index (χ3v) is 5.40. The van der Waals surface area contributed by atoms with E-state index < -0.39 is 35.6 Å². The summed E-state index contributed by atoms with van der Waals surface area (Å²) >= 11 is 5.70. The number of esters is 1. The summed E-state index contributed by atoms with van der Waals surface area (Å²) in [6.45, 7) is 1.33. The first-order valence-corrected chi connectivity index (χ1v) is 9.70. The molecular weight excluding hydrogens is 402 g/mol. The highest BCUT2D eigenvalue weighted by atomic mass is 35.5. The van der Waals surface area contributed by atoms with Crippen LogP contribution in [0.5, 0.6) is 0 Å². The fourth-order valence-corrected chi connectivity index (χ4v) is 3.36. The van der Waals surface area contributed by atoms with Crippen molar-refractivity contribution in [2.24, 2.45) is 5.92 Å². The number of rotatable bonds is 7. The normalized spacial score (nSPS) is 18.6. The van der Waals surface area contributed by atoms with Gasteiger partial charge < -0.3 is 15.0 Å². The molecule has 1 aromatic carbocycles. The fourth-order valence-electron chi connectivity index (χ4n) is 3.18. The van der Waals surface area contributed by atoms with E-state index in [1.54, 1.807) is 11.9 Å². The number of amides is 2. The SMILES string of the molecule is CC1CCC(N(C)C(=O)COC(=O)CNC(=O)c2ccc(Cl)c([N+](=O)[O-])c2)CC1. The van der Waals surface area contributed by atoms with Gasteiger partial charge in [-0.1, -0.05) is 18.5 Å². The van der Waals surface area contributed by atoms with Crippen LogP contribution in [0, 0.1) is 16.0 Å². The Bertz CT molecular complexity index is 792. The predicted octanol–water partition coefficient (Wildman–Crippen LogP) is 2.56. The Morgan fingerprint density at radius 1 is 1.28 bits per heavy atom. The summed E-state index contributed by atoms with van der Waals surface area (Å²) in [4.78, 5) is 47.9. The smallest absolute Gasteiger partial charge is 0.325 e. The van der Waals surface area contributed by atoms with Crippen LogP contribution in [0.4, 0.5) is 5.69 Å². The van der Waals surface area contributed by atoms with E-state index >= 15 is 0 Å². The predicted molar refractivity (Wildman–Crippen MR) is 106 cm³/mol. The Labute approximate surface area is 173 Å². The number of ether oxygens (including phenoxy) is 1. The maximum Gasteiger partial charge on any atom is 0.325 e. The van der Waals surface area contributed by atoms with E-state index in [1.165, 1.54) is 12.1 Å². The van der Waals surface area contributed by atoms with Crippen LogP contribution in [0.25, 0.3) is 0 Å². The number of carbonyl (C=O) groups is 3. The maximum absolute atomic E-state index is 12.2. The Hall–Kier alpha value is -2.68. The molecule has 10 heteroatoms. The Morgan fingerprint density at radius 3 is 2.55 bits per heavy atom. The van der Waals surface area contributed by atoms with E-state index in [0.717, 1.165) is 31.7 Å². The summed E-state index contributed by atoms with van der Waals surface area (Å²) in [6, 6.07) is 3.71. The van der Waals surface area contributed by atoms with E-state index in [2.05, 4.69) is 12.2 Å². The molecule has 9 nitrogen and oxygen atoms in total. The molecule has 0 radical (unpaired) electrons. The maximum atomic E-state index is 12.2. The summed E-state index contributed by atoms with van der Waals surface area (Å²) in [5.41, 5.74) is -0.427. The summed E-state index contributed by atoms with van der Waals surface area (Å²) in [7, 11) is 1.70. The first-order valence-electron chi connectivity index (χ1n) is 9.32. The lowest BCUT2D eigenvalue weighted by molar-refractivity contribution is -0.384. The second-order valence-electron chi connectivity index (χ2n) is 7.19. The second kappa shape index (κ2) is 10.2. The molecule has 0 atom stereocenters. The van der Waals surface area contributed by atoms with E-state index in [1.807, 2.05) is 0 Å². The van der Waals surface area contributed by atoms with Gasteiger partial charge in [-0.2, -0.15) is 0 Å². The molecule has 1 fully saturated rings. The van der Waals surface area contributed by atoms with Gasteiger partial charge in [0.15, 0.2) is 6.61 Å². The Morgan fingerprint density at radius 2 is 1.93 bits per heavy atom. The molecule has 0 spiro atoms. The minimum atomic E-state index is -0.777. The van der Waals surface area contributed by atoms with Gasteiger partial charge in [-0.05, 0) is 43.7 Å². The first-order chi connectivity index (χ1) is 13.7. The van der Waals surface area contributed by atoms with Gasteiger partial charge in [0.25, 0.3) is 17.5 Å². The third-order valence-electron chi connectivity index (χ3n) is 5.08. The van der Waals surface area contributed by atoms with Crippen molar-refractivity contribution < 1.29 is 24.0 Å². The molecule has 0 bridgehead atoms. The first kappa shape index (κ1) is 22.6. The molecule has 0 aliphatic heterocycles.